The molecule has 0 radical (unpaired) electrons. The molecule has 2 rings (SSSR count). The van der Waals surface area contributed by atoms with Gasteiger partial charge < -0.3 is 15.0 Å². The summed E-state index contributed by atoms with van der Waals surface area (Å²) >= 11 is 0. The van der Waals surface area contributed by atoms with E-state index < -0.39 is 0 Å². The van der Waals surface area contributed by atoms with E-state index in [4.69, 9.17) is 4.74 Å². The topological polar surface area (TPSA) is 37.0 Å². The lowest BCUT2D eigenvalue weighted by atomic mass is 10.1. The van der Waals surface area contributed by atoms with Crippen LogP contribution in [0.1, 0.15) is 38.4 Å². The Kier molecular flexibility index (Phi) is 4.48. The van der Waals surface area contributed by atoms with Crippen LogP contribution in [0.25, 0.3) is 10.9 Å². The van der Waals surface area contributed by atoms with Gasteiger partial charge in [0, 0.05) is 23.1 Å². The summed E-state index contributed by atoms with van der Waals surface area (Å²) < 4.78 is 5.91. The molecular formula is C16H24N2O. The summed E-state index contributed by atoms with van der Waals surface area (Å²) in [6, 6.07) is 6.30. The number of ether oxygens (including phenoxy) is 1. The lowest BCUT2D eigenvalue weighted by molar-refractivity contribution is 0.218. The van der Waals surface area contributed by atoms with E-state index in [1.54, 1.807) is 0 Å². The van der Waals surface area contributed by atoms with E-state index in [0.29, 0.717) is 0 Å². The van der Waals surface area contributed by atoms with E-state index in [1.165, 1.54) is 22.2 Å². The maximum Gasteiger partial charge on any atom is 0.120 e. The normalized spacial score (nSPS) is 12.8. The molecule has 19 heavy (non-hydrogen) atoms. The van der Waals surface area contributed by atoms with Crippen molar-refractivity contribution in [2.45, 2.75) is 46.8 Å². The number of hydrogen-bond acceptors (Lipinski definition) is 2. The van der Waals surface area contributed by atoms with Gasteiger partial charge in [-0.05, 0) is 50.6 Å². The van der Waals surface area contributed by atoms with Gasteiger partial charge in [0.2, 0.25) is 0 Å². The first-order valence-corrected chi connectivity index (χ1v) is 7.14. The van der Waals surface area contributed by atoms with Crippen LogP contribution >= 0.6 is 0 Å². The Balaban J connectivity index is 2.33. The number of aromatic nitrogens is 1. The molecule has 0 spiro atoms. The van der Waals surface area contributed by atoms with Crippen LogP contribution in [0.2, 0.25) is 0 Å². The number of H-pyrrole nitrogens is 1. The average molecular weight is 260 g/mol. The molecule has 1 heterocycles. The molecule has 0 aliphatic carbocycles. The van der Waals surface area contributed by atoms with Crippen LogP contribution in [-0.4, -0.2) is 17.6 Å². The maximum absolute atomic E-state index is 5.91. The van der Waals surface area contributed by atoms with Gasteiger partial charge >= 0.3 is 0 Å². The summed E-state index contributed by atoms with van der Waals surface area (Å²) in [7, 11) is 0. The largest absolute Gasteiger partial charge is 0.491 e. The molecule has 0 unspecified atom stereocenters. The summed E-state index contributed by atoms with van der Waals surface area (Å²) in [4.78, 5) is 3.43. The van der Waals surface area contributed by atoms with Crippen molar-refractivity contribution in [1.29, 1.82) is 0 Å². The zero-order valence-electron chi connectivity index (χ0n) is 12.3. The molecule has 2 aromatic rings. The quantitative estimate of drug-likeness (QED) is 0.829. The predicted octanol–water partition coefficient (Wildman–Crippen LogP) is 3.76. The van der Waals surface area contributed by atoms with Crippen LogP contribution in [0.15, 0.2) is 18.2 Å². The molecule has 0 amide bonds. The third kappa shape index (κ3) is 3.10. The number of nitrogens with one attached hydrogen (secondary N) is 2. The summed E-state index contributed by atoms with van der Waals surface area (Å²) in [6.07, 6.45) is 1.28. The lowest BCUT2D eigenvalue weighted by Crippen LogP contribution is -2.12. The monoisotopic (exact) mass is 260 g/mol. The van der Waals surface area contributed by atoms with E-state index in [-0.39, 0.29) is 6.10 Å². The minimum Gasteiger partial charge on any atom is -0.491 e. The minimum atomic E-state index is 0.259. The van der Waals surface area contributed by atoms with Crippen LogP contribution in [0, 0.1) is 6.92 Å². The molecule has 0 bridgehead atoms. The van der Waals surface area contributed by atoms with Crippen molar-refractivity contribution in [3.05, 3.63) is 29.5 Å². The Morgan fingerprint density at radius 1 is 1.32 bits per heavy atom. The van der Waals surface area contributed by atoms with E-state index in [2.05, 4.69) is 50.1 Å². The van der Waals surface area contributed by atoms with Crippen molar-refractivity contribution < 1.29 is 4.74 Å². The van der Waals surface area contributed by atoms with Gasteiger partial charge in [0.1, 0.15) is 5.75 Å². The maximum atomic E-state index is 5.91. The summed E-state index contributed by atoms with van der Waals surface area (Å²) in [6.45, 7) is 10.4. The summed E-state index contributed by atoms with van der Waals surface area (Å²) in [5, 5.41) is 4.66. The third-order valence-corrected chi connectivity index (χ3v) is 3.55. The van der Waals surface area contributed by atoms with Crippen LogP contribution in [0.5, 0.6) is 5.75 Å². The molecule has 2 N–H and O–H groups in total. The standard InChI is InChI=1S/C16H24N2O/c1-5-11(3)19-13-7-8-16-14(9-13)15(10-17-6-2)12(4)18-16/h7-9,11,17-18H,5-6,10H2,1-4H3/t11-/m0/s1. The first kappa shape index (κ1) is 13.9. The number of rotatable bonds is 6. The van der Waals surface area contributed by atoms with Gasteiger partial charge in [-0.3, -0.25) is 0 Å². The van der Waals surface area contributed by atoms with Crippen LogP contribution in [-0.2, 0) is 6.54 Å². The van der Waals surface area contributed by atoms with Gasteiger partial charge in [-0.2, -0.15) is 0 Å². The van der Waals surface area contributed by atoms with Gasteiger partial charge in [0.15, 0.2) is 0 Å². The Hall–Kier alpha value is -1.48. The molecule has 0 aliphatic heterocycles. The Labute approximate surface area is 115 Å². The minimum absolute atomic E-state index is 0.259. The van der Waals surface area contributed by atoms with Crippen molar-refractivity contribution in [2.24, 2.45) is 0 Å². The zero-order valence-corrected chi connectivity index (χ0v) is 12.3. The molecule has 3 nitrogen and oxygen atoms in total. The molecule has 1 aromatic heterocycles. The summed E-state index contributed by atoms with van der Waals surface area (Å²) in [5.41, 5.74) is 3.75. The number of aryl methyl sites for hydroxylation is 1. The van der Waals surface area contributed by atoms with Crippen molar-refractivity contribution in [3.63, 3.8) is 0 Å². The van der Waals surface area contributed by atoms with E-state index in [9.17, 15) is 0 Å². The SMILES string of the molecule is CCNCc1c(C)[nH]c2ccc(O[C@@H](C)CC)cc12. The highest BCUT2D eigenvalue weighted by atomic mass is 16.5. The second kappa shape index (κ2) is 6.11. The Bertz CT molecular complexity index is 545. The summed E-state index contributed by atoms with van der Waals surface area (Å²) in [5.74, 6) is 0.957. The smallest absolute Gasteiger partial charge is 0.120 e. The number of benzene rings is 1. The third-order valence-electron chi connectivity index (χ3n) is 3.55. The molecule has 3 heteroatoms. The Morgan fingerprint density at radius 3 is 2.79 bits per heavy atom. The Morgan fingerprint density at radius 2 is 2.11 bits per heavy atom. The first-order valence-electron chi connectivity index (χ1n) is 7.14. The number of hydrogen-bond donors (Lipinski definition) is 2. The van der Waals surface area contributed by atoms with Crippen molar-refractivity contribution in [2.75, 3.05) is 6.54 Å². The molecule has 0 saturated heterocycles. The fourth-order valence-corrected chi connectivity index (χ4v) is 2.23. The molecule has 104 valence electrons. The lowest BCUT2D eigenvalue weighted by Gasteiger charge is -2.12. The fraction of sp³-hybridized carbons (Fsp3) is 0.500. The first-order chi connectivity index (χ1) is 9.15. The van der Waals surface area contributed by atoms with Crippen molar-refractivity contribution in [3.8, 4) is 5.75 Å². The molecule has 0 aliphatic rings. The fourth-order valence-electron chi connectivity index (χ4n) is 2.23. The van der Waals surface area contributed by atoms with Gasteiger partial charge in [-0.15, -0.1) is 0 Å². The second-order valence-electron chi connectivity index (χ2n) is 5.05. The highest BCUT2D eigenvalue weighted by Crippen LogP contribution is 2.27. The molecule has 0 fully saturated rings. The van der Waals surface area contributed by atoms with Gasteiger partial charge in [0.25, 0.3) is 0 Å². The number of fused-ring (bicyclic) bond motifs is 1. The molecule has 1 atom stereocenters. The molecule has 1 aromatic carbocycles. The number of aromatic amines is 1. The van der Waals surface area contributed by atoms with E-state index in [1.807, 2.05) is 6.07 Å². The van der Waals surface area contributed by atoms with Crippen molar-refractivity contribution in [1.82, 2.24) is 10.3 Å². The van der Waals surface area contributed by atoms with E-state index >= 15 is 0 Å². The average Bonchev–Trinajstić information content (AvgIpc) is 2.71. The highest BCUT2D eigenvalue weighted by molar-refractivity contribution is 5.86. The van der Waals surface area contributed by atoms with Gasteiger partial charge in [0.05, 0.1) is 6.10 Å². The predicted molar refractivity (Wildman–Crippen MR) is 80.8 cm³/mol. The van der Waals surface area contributed by atoms with Gasteiger partial charge in [-0.25, -0.2) is 0 Å². The van der Waals surface area contributed by atoms with Crippen LogP contribution in [0.4, 0.5) is 0 Å². The van der Waals surface area contributed by atoms with Crippen LogP contribution in [0.3, 0.4) is 0 Å². The highest BCUT2D eigenvalue weighted by Gasteiger charge is 2.10. The molecular weight excluding hydrogens is 236 g/mol. The zero-order chi connectivity index (χ0) is 13.8. The second-order valence-corrected chi connectivity index (χ2v) is 5.05. The van der Waals surface area contributed by atoms with Gasteiger partial charge in [-0.1, -0.05) is 13.8 Å². The molecule has 0 saturated carbocycles. The van der Waals surface area contributed by atoms with E-state index in [0.717, 1.165) is 25.3 Å². The van der Waals surface area contributed by atoms with Crippen molar-refractivity contribution >= 4 is 10.9 Å². The van der Waals surface area contributed by atoms with Crippen LogP contribution < -0.4 is 10.1 Å².